The van der Waals surface area contributed by atoms with Crippen LogP contribution >= 0.6 is 0 Å². The maximum Gasteiger partial charge on any atom is 0.319 e. The van der Waals surface area contributed by atoms with E-state index in [1.165, 1.54) is 11.3 Å². The minimum Gasteiger partial charge on any atom is -0.331 e. The zero-order valence-electron chi connectivity index (χ0n) is 17.4. The number of hydrogen-bond donors (Lipinski definition) is 0. The van der Waals surface area contributed by atoms with Crippen molar-refractivity contribution in [3.05, 3.63) is 17.5 Å². The fraction of sp³-hybridized carbons (Fsp3) is 0.800. The third-order valence-corrected chi connectivity index (χ3v) is 5.06. The molecular weight excluding hydrogens is 312 g/mol. The Kier molecular flexibility index (Phi) is 5.55. The summed E-state index contributed by atoms with van der Waals surface area (Å²) < 4.78 is 2.23. The van der Waals surface area contributed by atoms with E-state index >= 15 is 0 Å². The van der Waals surface area contributed by atoms with Gasteiger partial charge in [0.2, 0.25) is 0 Å². The van der Waals surface area contributed by atoms with E-state index in [1.54, 1.807) is 4.90 Å². The number of carbonyl (C=O) groups excluding carboxylic acids is 1. The molecule has 0 aliphatic carbocycles. The van der Waals surface area contributed by atoms with Gasteiger partial charge in [0.1, 0.15) is 0 Å². The Morgan fingerprint density at radius 3 is 2.12 bits per heavy atom. The summed E-state index contributed by atoms with van der Waals surface area (Å²) in [6.45, 7) is 16.2. The molecule has 0 radical (unpaired) electrons. The van der Waals surface area contributed by atoms with E-state index in [1.807, 2.05) is 19.0 Å². The van der Waals surface area contributed by atoms with Crippen LogP contribution in [0.5, 0.6) is 0 Å². The Balaban J connectivity index is 2.12. The van der Waals surface area contributed by atoms with Crippen LogP contribution in [0.4, 0.5) is 4.79 Å². The predicted molar refractivity (Wildman–Crippen MR) is 103 cm³/mol. The maximum atomic E-state index is 12.1. The Hall–Kier alpha value is -1.52. The second kappa shape index (κ2) is 7.00. The van der Waals surface area contributed by atoms with Crippen LogP contribution in [0.2, 0.25) is 0 Å². The average Bonchev–Trinajstić information content (AvgIpc) is 2.91. The molecule has 1 saturated heterocycles. The lowest BCUT2D eigenvalue weighted by Crippen LogP contribution is -2.44. The molecule has 0 bridgehead atoms. The van der Waals surface area contributed by atoms with E-state index in [0.29, 0.717) is 5.92 Å². The van der Waals surface area contributed by atoms with Crippen molar-refractivity contribution in [3.63, 3.8) is 0 Å². The molecule has 1 aliphatic heterocycles. The van der Waals surface area contributed by atoms with E-state index in [2.05, 4.69) is 52.4 Å². The van der Waals surface area contributed by atoms with Gasteiger partial charge in [-0.25, -0.2) is 4.79 Å². The molecule has 142 valence electrons. The van der Waals surface area contributed by atoms with Gasteiger partial charge in [-0.2, -0.15) is 5.10 Å². The highest BCUT2D eigenvalue weighted by molar-refractivity contribution is 5.73. The van der Waals surface area contributed by atoms with Crippen LogP contribution in [0.25, 0.3) is 0 Å². The number of likely N-dealkylation sites (tertiary alicyclic amines) is 1. The fourth-order valence-corrected chi connectivity index (χ4v) is 3.70. The quantitative estimate of drug-likeness (QED) is 0.814. The van der Waals surface area contributed by atoms with Crippen LogP contribution < -0.4 is 0 Å². The van der Waals surface area contributed by atoms with Crippen molar-refractivity contribution in [1.29, 1.82) is 0 Å². The summed E-state index contributed by atoms with van der Waals surface area (Å²) in [6, 6.07) is 0.128. The van der Waals surface area contributed by atoms with E-state index in [-0.39, 0.29) is 16.9 Å². The van der Waals surface area contributed by atoms with Crippen molar-refractivity contribution >= 4 is 6.03 Å². The molecule has 0 saturated carbocycles. The first-order valence-electron chi connectivity index (χ1n) is 9.44. The molecule has 0 unspecified atom stereocenters. The lowest BCUT2D eigenvalue weighted by Gasteiger charge is -2.34. The molecule has 1 aromatic heterocycles. The molecule has 5 heteroatoms. The summed E-state index contributed by atoms with van der Waals surface area (Å²) in [5.41, 5.74) is 2.87. The van der Waals surface area contributed by atoms with Crippen molar-refractivity contribution < 1.29 is 4.79 Å². The predicted octanol–water partition coefficient (Wildman–Crippen LogP) is 3.87. The average molecular weight is 349 g/mol. The van der Waals surface area contributed by atoms with Gasteiger partial charge in [-0.15, -0.1) is 0 Å². The number of nitrogens with zero attached hydrogens (tertiary/aromatic N) is 4. The molecule has 1 aromatic rings. The first-order chi connectivity index (χ1) is 11.4. The number of hydrogen-bond acceptors (Lipinski definition) is 2. The van der Waals surface area contributed by atoms with Crippen LogP contribution in [0.15, 0.2) is 6.20 Å². The number of urea groups is 1. The molecule has 0 spiro atoms. The van der Waals surface area contributed by atoms with E-state index in [4.69, 9.17) is 5.10 Å². The van der Waals surface area contributed by atoms with Gasteiger partial charge in [-0.1, -0.05) is 41.5 Å². The Morgan fingerprint density at radius 1 is 1.12 bits per heavy atom. The van der Waals surface area contributed by atoms with Gasteiger partial charge in [-0.05, 0) is 29.7 Å². The van der Waals surface area contributed by atoms with Crippen molar-refractivity contribution in [3.8, 4) is 0 Å². The first kappa shape index (κ1) is 19.8. The maximum absolute atomic E-state index is 12.1. The van der Waals surface area contributed by atoms with Crippen LogP contribution in [0.3, 0.4) is 0 Å². The number of piperidine rings is 1. The molecule has 2 heterocycles. The van der Waals surface area contributed by atoms with Crippen molar-refractivity contribution in [1.82, 2.24) is 19.6 Å². The Morgan fingerprint density at radius 2 is 1.68 bits per heavy atom. The number of carbonyl (C=O) groups is 1. The SMILES string of the molecule is CN(C)C(=O)N1CCC(Cn2ncc(C(C)(C)C)c2C(C)(C)C)CC1. The zero-order chi connectivity index (χ0) is 19.0. The molecular formula is C20H36N4O. The molecule has 2 amide bonds. The third kappa shape index (κ3) is 4.56. The minimum absolute atomic E-state index is 0.0701. The summed E-state index contributed by atoms with van der Waals surface area (Å²) in [5.74, 6) is 0.583. The highest BCUT2D eigenvalue weighted by Crippen LogP contribution is 2.34. The highest BCUT2D eigenvalue weighted by Gasteiger charge is 2.31. The van der Waals surface area contributed by atoms with Gasteiger partial charge in [0.05, 0.1) is 6.20 Å². The van der Waals surface area contributed by atoms with Crippen LogP contribution in [-0.4, -0.2) is 52.8 Å². The molecule has 25 heavy (non-hydrogen) atoms. The molecule has 0 N–H and O–H groups in total. The van der Waals surface area contributed by atoms with Gasteiger partial charge >= 0.3 is 6.03 Å². The lowest BCUT2D eigenvalue weighted by atomic mass is 9.79. The standard InChI is InChI=1S/C20H36N4O/c1-19(2,3)16-13-21-24(17(16)20(4,5)6)14-15-9-11-23(12-10-15)18(25)22(7)8/h13,15H,9-12,14H2,1-8H3. The number of aromatic nitrogens is 2. The second-order valence-corrected chi connectivity index (χ2v) is 9.70. The number of rotatable bonds is 2. The van der Waals surface area contributed by atoms with Gasteiger partial charge < -0.3 is 9.80 Å². The van der Waals surface area contributed by atoms with E-state index < -0.39 is 0 Å². The largest absolute Gasteiger partial charge is 0.331 e. The smallest absolute Gasteiger partial charge is 0.319 e. The van der Waals surface area contributed by atoms with Gasteiger partial charge in [-0.3, -0.25) is 4.68 Å². The molecule has 2 rings (SSSR count). The van der Waals surface area contributed by atoms with Crippen LogP contribution in [0, 0.1) is 5.92 Å². The Bertz CT molecular complexity index is 596. The normalized spacial score (nSPS) is 17.0. The second-order valence-electron chi connectivity index (χ2n) is 9.70. The van der Waals surface area contributed by atoms with E-state index in [9.17, 15) is 4.79 Å². The Labute approximate surface area is 153 Å². The minimum atomic E-state index is 0.0701. The monoisotopic (exact) mass is 348 g/mol. The van der Waals surface area contributed by atoms with Crippen molar-refractivity contribution in [2.75, 3.05) is 27.2 Å². The summed E-state index contributed by atoms with van der Waals surface area (Å²) in [5, 5.41) is 4.75. The van der Waals surface area contributed by atoms with Crippen molar-refractivity contribution in [2.45, 2.75) is 71.8 Å². The fourth-order valence-electron chi connectivity index (χ4n) is 3.70. The summed E-state index contributed by atoms with van der Waals surface area (Å²) in [6.07, 6.45) is 4.16. The lowest BCUT2D eigenvalue weighted by molar-refractivity contribution is 0.142. The first-order valence-corrected chi connectivity index (χ1v) is 9.44. The van der Waals surface area contributed by atoms with Crippen LogP contribution in [-0.2, 0) is 17.4 Å². The van der Waals surface area contributed by atoms with Gasteiger partial charge in [0, 0.05) is 44.8 Å². The summed E-state index contributed by atoms with van der Waals surface area (Å²) >= 11 is 0. The summed E-state index contributed by atoms with van der Waals surface area (Å²) in [4.78, 5) is 15.7. The van der Waals surface area contributed by atoms with Crippen LogP contribution in [0.1, 0.15) is 65.6 Å². The molecule has 1 fully saturated rings. The molecule has 5 nitrogen and oxygen atoms in total. The summed E-state index contributed by atoms with van der Waals surface area (Å²) in [7, 11) is 3.64. The van der Waals surface area contributed by atoms with Gasteiger partial charge in [0.15, 0.2) is 0 Å². The van der Waals surface area contributed by atoms with E-state index in [0.717, 1.165) is 32.5 Å². The number of amides is 2. The highest BCUT2D eigenvalue weighted by atomic mass is 16.2. The molecule has 1 aliphatic rings. The molecule has 0 aromatic carbocycles. The van der Waals surface area contributed by atoms with Gasteiger partial charge in [0.25, 0.3) is 0 Å². The molecule has 0 atom stereocenters. The topological polar surface area (TPSA) is 41.4 Å². The zero-order valence-corrected chi connectivity index (χ0v) is 17.4. The van der Waals surface area contributed by atoms with Crippen molar-refractivity contribution in [2.24, 2.45) is 5.92 Å². The third-order valence-electron chi connectivity index (χ3n) is 5.06.